The van der Waals surface area contributed by atoms with Crippen LogP contribution in [0.2, 0.25) is 0 Å². The largest absolute Gasteiger partial charge is 0.497 e. The number of allylic oxidation sites excluding steroid dienone is 1. The molecular formula is C15H17ClO3. The first-order valence-electron chi connectivity index (χ1n) is 6.26. The minimum Gasteiger partial charge on any atom is -0.497 e. The maximum absolute atomic E-state index is 12.0. The van der Waals surface area contributed by atoms with E-state index < -0.39 is 0 Å². The summed E-state index contributed by atoms with van der Waals surface area (Å²) < 4.78 is 10.5. The molecule has 4 heteroatoms. The zero-order valence-corrected chi connectivity index (χ0v) is 11.9. The molecule has 0 spiro atoms. The van der Waals surface area contributed by atoms with Crippen molar-refractivity contribution < 1.29 is 14.3 Å². The molecule has 102 valence electrons. The molecule has 1 unspecified atom stereocenters. The summed E-state index contributed by atoms with van der Waals surface area (Å²) in [4.78, 5) is 12.0. The van der Waals surface area contributed by atoms with Crippen molar-refractivity contribution in [1.82, 2.24) is 0 Å². The number of ether oxygens (including phenoxy) is 2. The van der Waals surface area contributed by atoms with Gasteiger partial charge in [-0.3, -0.25) is 4.79 Å². The van der Waals surface area contributed by atoms with Crippen molar-refractivity contribution in [2.45, 2.75) is 24.6 Å². The third-order valence-electron chi connectivity index (χ3n) is 3.28. The molecule has 0 N–H and O–H groups in total. The summed E-state index contributed by atoms with van der Waals surface area (Å²) in [6.07, 6.45) is 4.36. The van der Waals surface area contributed by atoms with Crippen LogP contribution in [0.5, 0.6) is 11.5 Å². The fourth-order valence-electron chi connectivity index (χ4n) is 2.20. The van der Waals surface area contributed by atoms with Crippen LogP contribution < -0.4 is 9.47 Å². The highest BCUT2D eigenvalue weighted by atomic mass is 35.5. The van der Waals surface area contributed by atoms with E-state index in [2.05, 4.69) is 0 Å². The highest BCUT2D eigenvalue weighted by molar-refractivity contribution is 6.34. The number of rotatable bonds is 3. The second-order valence-electron chi connectivity index (χ2n) is 4.50. The van der Waals surface area contributed by atoms with Crippen molar-refractivity contribution in [3.05, 3.63) is 29.3 Å². The molecule has 2 rings (SSSR count). The Balaban J connectivity index is 2.34. The van der Waals surface area contributed by atoms with E-state index in [0.29, 0.717) is 5.75 Å². The van der Waals surface area contributed by atoms with Gasteiger partial charge in [-0.15, -0.1) is 11.6 Å². The number of carbonyl (C=O) groups excluding carboxylic acids is 1. The van der Waals surface area contributed by atoms with E-state index in [-0.39, 0.29) is 11.2 Å². The lowest BCUT2D eigenvalue weighted by Crippen LogP contribution is -2.21. The van der Waals surface area contributed by atoms with E-state index in [0.717, 1.165) is 36.1 Å². The van der Waals surface area contributed by atoms with Crippen molar-refractivity contribution in [3.8, 4) is 11.5 Å². The van der Waals surface area contributed by atoms with Gasteiger partial charge in [0.15, 0.2) is 5.78 Å². The Labute approximate surface area is 118 Å². The number of hydrogen-bond donors (Lipinski definition) is 0. The number of alkyl halides is 1. The number of Topliss-reactive ketones (excluding diaryl/α,β-unsaturated/α-hetero) is 1. The van der Waals surface area contributed by atoms with Gasteiger partial charge in [-0.2, -0.15) is 0 Å². The molecule has 0 bridgehead atoms. The predicted octanol–water partition coefficient (Wildman–Crippen LogP) is 3.45. The SMILES string of the molecule is COc1ccc(C=C2CCCC(Cl)C2=O)c(OC)c1. The first-order valence-corrected chi connectivity index (χ1v) is 6.70. The van der Waals surface area contributed by atoms with Gasteiger partial charge in [0, 0.05) is 11.6 Å². The molecule has 1 atom stereocenters. The first-order chi connectivity index (χ1) is 9.15. The average Bonchev–Trinajstić information content (AvgIpc) is 2.44. The monoisotopic (exact) mass is 280 g/mol. The maximum atomic E-state index is 12.0. The van der Waals surface area contributed by atoms with Gasteiger partial charge in [0.05, 0.1) is 19.6 Å². The molecule has 1 aliphatic carbocycles. The number of halogens is 1. The van der Waals surface area contributed by atoms with Crippen molar-refractivity contribution >= 4 is 23.5 Å². The summed E-state index contributed by atoms with van der Waals surface area (Å²) in [6, 6.07) is 5.54. The highest BCUT2D eigenvalue weighted by Crippen LogP contribution is 2.30. The fourth-order valence-corrected chi connectivity index (χ4v) is 2.49. The van der Waals surface area contributed by atoms with Crippen LogP contribution in [0, 0.1) is 0 Å². The molecule has 19 heavy (non-hydrogen) atoms. The van der Waals surface area contributed by atoms with Gasteiger partial charge in [-0.05, 0) is 43.0 Å². The Morgan fingerprint density at radius 3 is 2.79 bits per heavy atom. The van der Waals surface area contributed by atoms with Gasteiger partial charge < -0.3 is 9.47 Å². The van der Waals surface area contributed by atoms with Crippen molar-refractivity contribution in [1.29, 1.82) is 0 Å². The van der Waals surface area contributed by atoms with Gasteiger partial charge in [-0.25, -0.2) is 0 Å². The van der Waals surface area contributed by atoms with Crippen molar-refractivity contribution in [2.75, 3.05) is 14.2 Å². The lowest BCUT2D eigenvalue weighted by Gasteiger charge is -2.18. The number of ketones is 1. The molecule has 0 aromatic heterocycles. The number of hydrogen-bond acceptors (Lipinski definition) is 3. The molecule has 3 nitrogen and oxygen atoms in total. The summed E-state index contributed by atoms with van der Waals surface area (Å²) in [6.45, 7) is 0. The Morgan fingerprint density at radius 2 is 2.11 bits per heavy atom. The zero-order chi connectivity index (χ0) is 13.8. The molecule has 1 saturated carbocycles. The van der Waals surface area contributed by atoms with Gasteiger partial charge in [0.1, 0.15) is 11.5 Å². The smallest absolute Gasteiger partial charge is 0.176 e. The molecule has 0 aliphatic heterocycles. The lowest BCUT2D eigenvalue weighted by molar-refractivity contribution is -0.116. The minimum absolute atomic E-state index is 0.0331. The normalized spacial score (nSPS) is 21.5. The van der Waals surface area contributed by atoms with Gasteiger partial charge in [0.2, 0.25) is 0 Å². The third-order valence-corrected chi connectivity index (χ3v) is 3.69. The van der Waals surface area contributed by atoms with E-state index >= 15 is 0 Å². The van der Waals surface area contributed by atoms with Gasteiger partial charge in [0.25, 0.3) is 0 Å². The predicted molar refractivity (Wildman–Crippen MR) is 76.0 cm³/mol. The molecule has 1 aromatic rings. The van der Waals surface area contributed by atoms with Crippen LogP contribution in [-0.4, -0.2) is 25.4 Å². The van der Waals surface area contributed by atoms with E-state index in [4.69, 9.17) is 21.1 Å². The number of methoxy groups -OCH3 is 2. The molecule has 1 aliphatic rings. The molecule has 1 aromatic carbocycles. The van der Waals surface area contributed by atoms with Gasteiger partial charge in [-0.1, -0.05) is 0 Å². The first kappa shape index (κ1) is 13.9. The molecular weight excluding hydrogens is 264 g/mol. The Bertz CT molecular complexity index is 508. The van der Waals surface area contributed by atoms with Crippen LogP contribution in [-0.2, 0) is 4.79 Å². The van der Waals surface area contributed by atoms with E-state index in [1.807, 2.05) is 18.2 Å². The summed E-state index contributed by atoms with van der Waals surface area (Å²) in [5, 5.41) is -0.385. The Kier molecular flexibility index (Phi) is 4.48. The molecule has 0 radical (unpaired) electrons. The molecule has 0 heterocycles. The van der Waals surface area contributed by atoms with Crippen molar-refractivity contribution in [2.24, 2.45) is 0 Å². The minimum atomic E-state index is -0.385. The lowest BCUT2D eigenvalue weighted by atomic mass is 9.91. The maximum Gasteiger partial charge on any atom is 0.176 e. The zero-order valence-electron chi connectivity index (χ0n) is 11.1. The van der Waals surface area contributed by atoms with Crippen LogP contribution in [0.1, 0.15) is 24.8 Å². The second kappa shape index (κ2) is 6.11. The Hall–Kier alpha value is -1.48. The van der Waals surface area contributed by atoms with Crippen LogP contribution in [0.4, 0.5) is 0 Å². The van der Waals surface area contributed by atoms with Crippen molar-refractivity contribution in [3.63, 3.8) is 0 Å². The summed E-state index contributed by atoms with van der Waals surface area (Å²) in [7, 11) is 3.21. The second-order valence-corrected chi connectivity index (χ2v) is 5.03. The molecule has 1 fully saturated rings. The van der Waals surface area contributed by atoms with Gasteiger partial charge >= 0.3 is 0 Å². The summed E-state index contributed by atoms with van der Waals surface area (Å²) in [5.74, 6) is 1.45. The average molecular weight is 281 g/mol. The third kappa shape index (κ3) is 3.10. The molecule has 0 amide bonds. The highest BCUT2D eigenvalue weighted by Gasteiger charge is 2.24. The topological polar surface area (TPSA) is 35.5 Å². The van der Waals surface area contributed by atoms with E-state index in [9.17, 15) is 4.79 Å². The Morgan fingerprint density at radius 1 is 1.32 bits per heavy atom. The van der Waals surface area contributed by atoms with E-state index in [1.54, 1.807) is 20.3 Å². The van der Waals surface area contributed by atoms with Crippen LogP contribution in [0.3, 0.4) is 0 Å². The summed E-state index contributed by atoms with van der Waals surface area (Å²) >= 11 is 6.01. The van der Waals surface area contributed by atoms with Crippen LogP contribution >= 0.6 is 11.6 Å². The fraction of sp³-hybridized carbons (Fsp3) is 0.400. The number of carbonyl (C=O) groups is 1. The molecule has 0 saturated heterocycles. The standard InChI is InChI=1S/C15H17ClO3/c1-18-12-7-6-10(14(9-12)19-2)8-11-4-3-5-13(16)15(11)17/h6-9,13H,3-5H2,1-2H3. The number of benzene rings is 1. The quantitative estimate of drug-likeness (QED) is 0.628. The van der Waals surface area contributed by atoms with Crippen LogP contribution in [0.25, 0.3) is 6.08 Å². The summed E-state index contributed by atoms with van der Waals surface area (Å²) in [5.41, 5.74) is 1.65. The van der Waals surface area contributed by atoms with E-state index in [1.165, 1.54) is 0 Å². The van der Waals surface area contributed by atoms with Crippen LogP contribution in [0.15, 0.2) is 23.8 Å².